The molecule has 1 aromatic rings. The Hall–Kier alpha value is -1.40. The standard InChI is InChI=1S/C24H32F6O/c1-2-3-16-4-6-17(7-5-16)8-9-18-10-12-23(28,13-11-18)24(29,30)31-19-14-20(25)22(27)21(26)15-19/h14-18H,2-13H2,1H3. The fourth-order valence-corrected chi connectivity index (χ4v) is 5.23. The van der Waals surface area contributed by atoms with E-state index >= 15 is 4.39 Å². The maximum Gasteiger partial charge on any atom is 0.432 e. The zero-order valence-electron chi connectivity index (χ0n) is 18.0. The summed E-state index contributed by atoms with van der Waals surface area (Å²) in [5, 5.41) is 0. The lowest BCUT2D eigenvalue weighted by molar-refractivity contribution is -0.273. The smallest absolute Gasteiger partial charge is 0.430 e. The highest BCUT2D eigenvalue weighted by molar-refractivity contribution is 5.25. The van der Waals surface area contributed by atoms with Crippen molar-refractivity contribution in [2.24, 2.45) is 17.8 Å². The number of ether oxygens (including phenoxy) is 1. The maximum atomic E-state index is 15.1. The summed E-state index contributed by atoms with van der Waals surface area (Å²) in [6.45, 7) is 2.21. The van der Waals surface area contributed by atoms with Gasteiger partial charge in [0, 0.05) is 12.1 Å². The van der Waals surface area contributed by atoms with Crippen molar-refractivity contribution in [2.75, 3.05) is 0 Å². The number of hydrogen-bond donors (Lipinski definition) is 0. The summed E-state index contributed by atoms with van der Waals surface area (Å²) in [5.41, 5.74) is -2.91. The van der Waals surface area contributed by atoms with E-state index in [0.717, 1.165) is 18.8 Å². The average Bonchev–Trinajstić information content (AvgIpc) is 2.72. The SMILES string of the molecule is CCCC1CCC(CCC2CCC(F)(C(F)(F)Oc3cc(F)c(F)c(F)c3)CC2)CC1. The van der Waals surface area contributed by atoms with Crippen molar-refractivity contribution in [3.8, 4) is 5.75 Å². The molecule has 1 aromatic carbocycles. The minimum absolute atomic E-state index is 0.203. The van der Waals surface area contributed by atoms with E-state index in [2.05, 4.69) is 11.7 Å². The van der Waals surface area contributed by atoms with E-state index in [4.69, 9.17) is 0 Å². The third kappa shape index (κ3) is 5.89. The Morgan fingerprint density at radius 1 is 0.839 bits per heavy atom. The van der Waals surface area contributed by atoms with Crippen molar-refractivity contribution in [1.82, 2.24) is 0 Å². The van der Waals surface area contributed by atoms with E-state index in [-0.39, 0.29) is 18.8 Å². The van der Waals surface area contributed by atoms with Crippen LogP contribution in [0.3, 0.4) is 0 Å². The van der Waals surface area contributed by atoms with Crippen LogP contribution in [-0.4, -0.2) is 11.8 Å². The first-order valence-corrected chi connectivity index (χ1v) is 11.5. The van der Waals surface area contributed by atoms with Crippen LogP contribution < -0.4 is 4.74 Å². The fraction of sp³-hybridized carbons (Fsp3) is 0.750. The van der Waals surface area contributed by atoms with Gasteiger partial charge in [-0.05, 0) is 43.4 Å². The van der Waals surface area contributed by atoms with Crippen LogP contribution in [0.1, 0.15) is 84.0 Å². The maximum absolute atomic E-state index is 15.1. The van der Waals surface area contributed by atoms with Crippen LogP contribution in [0, 0.1) is 35.2 Å². The first-order valence-electron chi connectivity index (χ1n) is 11.5. The molecule has 0 amide bonds. The molecular weight excluding hydrogens is 418 g/mol. The summed E-state index contributed by atoms with van der Waals surface area (Å²) in [7, 11) is 0. The number of hydrogen-bond acceptors (Lipinski definition) is 1. The van der Waals surface area contributed by atoms with E-state index in [9.17, 15) is 22.0 Å². The topological polar surface area (TPSA) is 9.23 Å². The summed E-state index contributed by atoms with van der Waals surface area (Å²) in [6.07, 6.45) is 5.12. The van der Waals surface area contributed by atoms with Crippen LogP contribution in [0.5, 0.6) is 5.75 Å². The molecular formula is C24H32F6O. The van der Waals surface area contributed by atoms with Crippen LogP contribution in [0.25, 0.3) is 0 Å². The van der Waals surface area contributed by atoms with Gasteiger partial charge in [-0.25, -0.2) is 17.6 Å². The molecule has 3 rings (SSSR count). The predicted octanol–water partition coefficient (Wildman–Crippen LogP) is 8.36. The summed E-state index contributed by atoms with van der Waals surface area (Å²) in [5.74, 6) is -4.32. The van der Waals surface area contributed by atoms with Gasteiger partial charge in [0.05, 0.1) is 0 Å². The molecule has 0 radical (unpaired) electrons. The minimum Gasteiger partial charge on any atom is -0.430 e. The molecule has 0 N–H and O–H groups in total. The fourth-order valence-electron chi connectivity index (χ4n) is 5.23. The van der Waals surface area contributed by atoms with Crippen LogP contribution in [0.4, 0.5) is 26.3 Å². The number of alkyl halides is 3. The molecule has 2 saturated carbocycles. The van der Waals surface area contributed by atoms with Crippen LogP contribution in [0.2, 0.25) is 0 Å². The second-order valence-electron chi connectivity index (χ2n) is 9.48. The summed E-state index contributed by atoms with van der Waals surface area (Å²) in [4.78, 5) is 0. The first kappa shape index (κ1) is 24.2. The third-order valence-corrected chi connectivity index (χ3v) is 7.27. The lowest BCUT2D eigenvalue weighted by Crippen LogP contribution is -2.50. The van der Waals surface area contributed by atoms with Gasteiger partial charge in [0.1, 0.15) is 5.75 Å². The van der Waals surface area contributed by atoms with Crippen molar-refractivity contribution in [3.05, 3.63) is 29.6 Å². The Bertz CT molecular complexity index is 698. The van der Waals surface area contributed by atoms with Crippen molar-refractivity contribution in [1.29, 1.82) is 0 Å². The second-order valence-corrected chi connectivity index (χ2v) is 9.48. The number of benzene rings is 1. The van der Waals surface area contributed by atoms with Gasteiger partial charge in [0.2, 0.25) is 5.67 Å². The molecule has 0 spiro atoms. The molecule has 0 heterocycles. The highest BCUT2D eigenvalue weighted by atomic mass is 19.3. The summed E-state index contributed by atoms with van der Waals surface area (Å²) >= 11 is 0. The van der Waals surface area contributed by atoms with Crippen molar-refractivity contribution < 1.29 is 31.1 Å². The van der Waals surface area contributed by atoms with E-state index < -0.39 is 35.0 Å². The lowest BCUT2D eigenvalue weighted by Gasteiger charge is -2.38. The predicted molar refractivity (Wildman–Crippen MR) is 107 cm³/mol. The lowest BCUT2D eigenvalue weighted by atomic mass is 9.74. The van der Waals surface area contributed by atoms with Crippen LogP contribution in [-0.2, 0) is 0 Å². The molecule has 176 valence electrons. The van der Waals surface area contributed by atoms with Gasteiger partial charge in [0.15, 0.2) is 17.5 Å². The Balaban J connectivity index is 1.48. The Morgan fingerprint density at radius 2 is 1.29 bits per heavy atom. The molecule has 0 atom stereocenters. The van der Waals surface area contributed by atoms with E-state index in [0.29, 0.717) is 30.9 Å². The summed E-state index contributed by atoms with van der Waals surface area (Å²) < 4.78 is 88.0. The molecule has 0 aromatic heterocycles. The van der Waals surface area contributed by atoms with Gasteiger partial charge in [-0.3, -0.25) is 0 Å². The number of rotatable bonds is 8. The molecule has 0 saturated heterocycles. The van der Waals surface area contributed by atoms with Crippen molar-refractivity contribution in [2.45, 2.75) is 95.8 Å². The Morgan fingerprint density at radius 3 is 1.77 bits per heavy atom. The highest BCUT2D eigenvalue weighted by Gasteiger charge is 2.58. The zero-order chi connectivity index (χ0) is 22.6. The molecule has 7 heteroatoms. The molecule has 0 aliphatic heterocycles. The quantitative estimate of drug-likeness (QED) is 0.286. The van der Waals surface area contributed by atoms with Crippen LogP contribution in [0.15, 0.2) is 12.1 Å². The van der Waals surface area contributed by atoms with Gasteiger partial charge < -0.3 is 4.74 Å². The molecule has 0 unspecified atom stereocenters. The Kier molecular flexibility index (Phi) is 7.85. The van der Waals surface area contributed by atoms with Gasteiger partial charge in [0.25, 0.3) is 0 Å². The van der Waals surface area contributed by atoms with Crippen molar-refractivity contribution >= 4 is 0 Å². The molecule has 2 aliphatic carbocycles. The van der Waals surface area contributed by atoms with E-state index in [1.54, 1.807) is 0 Å². The normalized spacial score (nSPS) is 29.7. The van der Waals surface area contributed by atoms with Gasteiger partial charge in [-0.1, -0.05) is 58.3 Å². The van der Waals surface area contributed by atoms with Crippen molar-refractivity contribution in [3.63, 3.8) is 0 Å². The van der Waals surface area contributed by atoms with Crippen LogP contribution >= 0.6 is 0 Å². The van der Waals surface area contributed by atoms with Gasteiger partial charge in [-0.15, -0.1) is 0 Å². The number of halogens is 6. The van der Waals surface area contributed by atoms with E-state index in [1.807, 2.05) is 0 Å². The molecule has 2 aliphatic rings. The average molecular weight is 451 g/mol. The summed E-state index contributed by atoms with van der Waals surface area (Å²) in [6, 6.07) is 0.604. The monoisotopic (exact) mass is 450 g/mol. The molecule has 31 heavy (non-hydrogen) atoms. The zero-order valence-corrected chi connectivity index (χ0v) is 18.0. The molecule has 0 bridgehead atoms. The van der Waals surface area contributed by atoms with E-state index in [1.165, 1.54) is 38.5 Å². The third-order valence-electron chi connectivity index (χ3n) is 7.27. The molecule has 1 nitrogen and oxygen atoms in total. The van der Waals surface area contributed by atoms with Gasteiger partial charge in [-0.2, -0.15) is 8.78 Å². The molecule has 2 fully saturated rings. The largest absolute Gasteiger partial charge is 0.432 e. The highest BCUT2D eigenvalue weighted by Crippen LogP contribution is 2.47. The first-order chi connectivity index (χ1) is 14.6. The Labute approximate surface area is 180 Å². The second kappa shape index (κ2) is 10.0. The van der Waals surface area contributed by atoms with Gasteiger partial charge >= 0.3 is 6.11 Å². The minimum atomic E-state index is -4.26.